The van der Waals surface area contributed by atoms with Crippen molar-refractivity contribution in [1.82, 2.24) is 0 Å². The first kappa shape index (κ1) is 13.0. The van der Waals surface area contributed by atoms with E-state index in [2.05, 4.69) is 17.0 Å². The van der Waals surface area contributed by atoms with E-state index in [1.807, 2.05) is 42.5 Å². The van der Waals surface area contributed by atoms with Crippen molar-refractivity contribution in [2.24, 2.45) is 5.92 Å². The fraction of sp³-hybridized carbons (Fsp3) is 0.294. The van der Waals surface area contributed by atoms with E-state index in [-0.39, 0.29) is 6.61 Å². The second kappa shape index (κ2) is 5.97. The Morgan fingerprint density at radius 3 is 2.35 bits per heavy atom. The van der Waals surface area contributed by atoms with Crippen molar-refractivity contribution in [2.75, 3.05) is 24.6 Å². The highest BCUT2D eigenvalue weighted by Gasteiger charge is 2.21. The van der Waals surface area contributed by atoms with Crippen molar-refractivity contribution >= 4 is 5.69 Å². The van der Waals surface area contributed by atoms with Crippen molar-refractivity contribution in [2.45, 2.75) is 6.42 Å². The first-order valence-electron chi connectivity index (χ1n) is 7.04. The zero-order valence-corrected chi connectivity index (χ0v) is 11.4. The lowest BCUT2D eigenvalue weighted by molar-refractivity contribution is 0.238. The molecule has 20 heavy (non-hydrogen) atoms. The molecule has 1 atom stereocenters. The molecule has 0 bridgehead atoms. The van der Waals surface area contributed by atoms with Gasteiger partial charge in [-0.15, -0.1) is 0 Å². The Kier molecular flexibility index (Phi) is 3.88. The molecule has 1 aliphatic heterocycles. The molecule has 104 valence electrons. The summed E-state index contributed by atoms with van der Waals surface area (Å²) >= 11 is 0. The van der Waals surface area contributed by atoms with E-state index in [9.17, 15) is 5.11 Å². The molecular formula is C17H19NO2. The van der Waals surface area contributed by atoms with E-state index in [0.29, 0.717) is 5.92 Å². The third-order valence-corrected chi connectivity index (χ3v) is 3.72. The van der Waals surface area contributed by atoms with Crippen LogP contribution in [-0.4, -0.2) is 24.8 Å². The molecular weight excluding hydrogens is 250 g/mol. The van der Waals surface area contributed by atoms with Crippen molar-refractivity contribution in [3.8, 4) is 11.5 Å². The lowest BCUT2D eigenvalue weighted by Crippen LogP contribution is -2.20. The number of nitrogens with zero attached hydrogens (tertiary/aromatic N) is 1. The fourth-order valence-corrected chi connectivity index (χ4v) is 2.57. The topological polar surface area (TPSA) is 32.7 Å². The van der Waals surface area contributed by atoms with Gasteiger partial charge in [-0.3, -0.25) is 0 Å². The summed E-state index contributed by atoms with van der Waals surface area (Å²) in [7, 11) is 0. The molecule has 0 aromatic heterocycles. The molecule has 0 aliphatic carbocycles. The summed E-state index contributed by atoms with van der Waals surface area (Å²) in [6.07, 6.45) is 1.07. The maximum atomic E-state index is 9.19. The number of ether oxygens (including phenoxy) is 1. The van der Waals surface area contributed by atoms with Gasteiger partial charge in [0, 0.05) is 31.3 Å². The Morgan fingerprint density at radius 2 is 1.70 bits per heavy atom. The first-order chi connectivity index (χ1) is 9.85. The third-order valence-electron chi connectivity index (χ3n) is 3.72. The highest BCUT2D eigenvalue weighted by molar-refractivity contribution is 5.50. The van der Waals surface area contributed by atoms with Gasteiger partial charge < -0.3 is 14.7 Å². The molecule has 0 spiro atoms. The van der Waals surface area contributed by atoms with Crippen molar-refractivity contribution in [3.63, 3.8) is 0 Å². The van der Waals surface area contributed by atoms with Crippen LogP contribution in [0.4, 0.5) is 5.69 Å². The maximum absolute atomic E-state index is 9.19. The van der Waals surface area contributed by atoms with Crippen LogP contribution < -0.4 is 9.64 Å². The highest BCUT2D eigenvalue weighted by atomic mass is 16.5. The molecule has 3 heteroatoms. The van der Waals surface area contributed by atoms with Crippen LogP contribution in [-0.2, 0) is 0 Å². The lowest BCUT2D eigenvalue weighted by Gasteiger charge is -2.18. The minimum Gasteiger partial charge on any atom is -0.457 e. The zero-order chi connectivity index (χ0) is 13.8. The van der Waals surface area contributed by atoms with Crippen molar-refractivity contribution in [1.29, 1.82) is 0 Å². The Labute approximate surface area is 119 Å². The summed E-state index contributed by atoms with van der Waals surface area (Å²) in [5.74, 6) is 2.11. The van der Waals surface area contributed by atoms with E-state index >= 15 is 0 Å². The van der Waals surface area contributed by atoms with E-state index in [1.165, 1.54) is 5.69 Å². The standard InChI is InChI=1S/C17H19NO2/c19-13-14-10-11-18(12-14)15-6-8-17(9-7-15)20-16-4-2-1-3-5-16/h1-9,14,19H,10-13H2. The SMILES string of the molecule is OCC1CCN(c2ccc(Oc3ccccc3)cc2)C1. The molecule has 1 N–H and O–H groups in total. The maximum Gasteiger partial charge on any atom is 0.127 e. The Bertz CT molecular complexity index is 539. The largest absolute Gasteiger partial charge is 0.457 e. The van der Waals surface area contributed by atoms with Gasteiger partial charge in [0.2, 0.25) is 0 Å². The number of rotatable bonds is 4. The van der Waals surface area contributed by atoms with Gasteiger partial charge in [0.1, 0.15) is 11.5 Å². The number of para-hydroxylation sites is 1. The smallest absolute Gasteiger partial charge is 0.127 e. The zero-order valence-electron chi connectivity index (χ0n) is 11.4. The monoisotopic (exact) mass is 269 g/mol. The normalized spacial score (nSPS) is 18.2. The quantitative estimate of drug-likeness (QED) is 0.924. The van der Waals surface area contributed by atoms with E-state index in [0.717, 1.165) is 31.0 Å². The van der Waals surface area contributed by atoms with Gasteiger partial charge in [-0.1, -0.05) is 18.2 Å². The Hall–Kier alpha value is -2.00. The third kappa shape index (κ3) is 2.94. The average molecular weight is 269 g/mol. The van der Waals surface area contributed by atoms with E-state index < -0.39 is 0 Å². The van der Waals surface area contributed by atoms with E-state index in [1.54, 1.807) is 0 Å². The predicted octanol–water partition coefficient (Wildman–Crippen LogP) is 3.30. The van der Waals surface area contributed by atoms with Gasteiger partial charge in [-0.25, -0.2) is 0 Å². The average Bonchev–Trinajstić information content (AvgIpc) is 2.98. The molecule has 3 nitrogen and oxygen atoms in total. The molecule has 1 saturated heterocycles. The van der Waals surface area contributed by atoms with Crippen LogP contribution in [0.3, 0.4) is 0 Å². The summed E-state index contributed by atoms with van der Waals surface area (Å²) < 4.78 is 5.78. The van der Waals surface area contributed by atoms with E-state index in [4.69, 9.17) is 4.74 Å². The highest BCUT2D eigenvalue weighted by Crippen LogP contribution is 2.27. The lowest BCUT2D eigenvalue weighted by atomic mass is 10.1. The van der Waals surface area contributed by atoms with Crippen LogP contribution >= 0.6 is 0 Å². The van der Waals surface area contributed by atoms with Crippen LogP contribution in [0.5, 0.6) is 11.5 Å². The number of hydrogen-bond acceptors (Lipinski definition) is 3. The summed E-state index contributed by atoms with van der Waals surface area (Å²) in [5.41, 5.74) is 1.20. The van der Waals surface area contributed by atoms with Crippen molar-refractivity contribution in [3.05, 3.63) is 54.6 Å². The summed E-state index contributed by atoms with van der Waals surface area (Å²) in [6, 6.07) is 17.9. The van der Waals surface area contributed by atoms with Gasteiger partial charge in [-0.05, 0) is 42.8 Å². The minimum atomic E-state index is 0.283. The minimum absolute atomic E-state index is 0.283. The molecule has 1 fully saturated rings. The predicted molar refractivity (Wildman–Crippen MR) is 80.4 cm³/mol. The number of anilines is 1. The number of benzene rings is 2. The molecule has 0 saturated carbocycles. The molecule has 1 heterocycles. The van der Waals surface area contributed by atoms with Crippen LogP contribution in [0, 0.1) is 5.92 Å². The van der Waals surface area contributed by atoms with Crippen LogP contribution in [0.25, 0.3) is 0 Å². The van der Waals surface area contributed by atoms with Crippen LogP contribution in [0.2, 0.25) is 0 Å². The van der Waals surface area contributed by atoms with Gasteiger partial charge in [0.25, 0.3) is 0 Å². The number of aliphatic hydroxyl groups is 1. The molecule has 3 rings (SSSR count). The summed E-state index contributed by atoms with van der Waals surface area (Å²) in [4.78, 5) is 2.31. The molecule has 2 aromatic rings. The molecule has 1 unspecified atom stereocenters. The number of aliphatic hydroxyl groups excluding tert-OH is 1. The Balaban J connectivity index is 1.66. The second-order valence-electron chi connectivity index (χ2n) is 5.19. The number of hydrogen-bond donors (Lipinski definition) is 1. The molecule has 1 aliphatic rings. The van der Waals surface area contributed by atoms with Gasteiger partial charge >= 0.3 is 0 Å². The van der Waals surface area contributed by atoms with Gasteiger partial charge in [-0.2, -0.15) is 0 Å². The van der Waals surface area contributed by atoms with Crippen molar-refractivity contribution < 1.29 is 9.84 Å². The van der Waals surface area contributed by atoms with Gasteiger partial charge in [0.05, 0.1) is 0 Å². The second-order valence-corrected chi connectivity index (χ2v) is 5.19. The van der Waals surface area contributed by atoms with Crippen LogP contribution in [0.1, 0.15) is 6.42 Å². The summed E-state index contributed by atoms with van der Waals surface area (Å²) in [5, 5.41) is 9.19. The molecule has 0 radical (unpaired) electrons. The fourth-order valence-electron chi connectivity index (χ4n) is 2.57. The summed E-state index contributed by atoms with van der Waals surface area (Å²) in [6.45, 7) is 2.24. The van der Waals surface area contributed by atoms with Gasteiger partial charge in [0.15, 0.2) is 0 Å². The first-order valence-corrected chi connectivity index (χ1v) is 7.04. The van der Waals surface area contributed by atoms with Crippen LogP contribution in [0.15, 0.2) is 54.6 Å². The molecule has 2 aromatic carbocycles. The Morgan fingerprint density at radius 1 is 1.00 bits per heavy atom. The molecule has 0 amide bonds.